The topological polar surface area (TPSA) is 113 Å². The lowest BCUT2D eigenvalue weighted by Gasteiger charge is -2.39. The van der Waals surface area contributed by atoms with E-state index in [1.807, 2.05) is 12.1 Å². The highest BCUT2D eigenvalue weighted by atomic mass is 16.5. The first kappa shape index (κ1) is 23.1. The van der Waals surface area contributed by atoms with Crippen molar-refractivity contribution in [2.24, 2.45) is 0 Å². The van der Waals surface area contributed by atoms with E-state index in [1.165, 1.54) is 25.3 Å². The van der Waals surface area contributed by atoms with Crippen molar-refractivity contribution in [3.05, 3.63) is 51.7 Å². The molecule has 3 atom stereocenters. The third kappa shape index (κ3) is 4.62. The Bertz CT molecular complexity index is 1080. The zero-order valence-electron chi connectivity index (χ0n) is 19.5. The van der Waals surface area contributed by atoms with Crippen LogP contribution in [0.4, 0.5) is 4.79 Å². The van der Waals surface area contributed by atoms with Gasteiger partial charge in [0, 0.05) is 31.7 Å². The number of piperidine rings is 1. The Kier molecular flexibility index (Phi) is 6.46. The molecule has 4 heterocycles. The number of fused-ring (bicyclic) bond motifs is 3. The first-order valence-electron chi connectivity index (χ1n) is 12.1. The van der Waals surface area contributed by atoms with E-state index in [-0.39, 0.29) is 38.0 Å². The van der Waals surface area contributed by atoms with Gasteiger partial charge in [-0.25, -0.2) is 14.3 Å². The third-order valence-electron chi connectivity index (χ3n) is 7.58. The van der Waals surface area contributed by atoms with E-state index in [4.69, 9.17) is 4.74 Å². The van der Waals surface area contributed by atoms with Crippen LogP contribution in [0.15, 0.2) is 29.1 Å². The molecule has 1 amide bonds. The van der Waals surface area contributed by atoms with Crippen molar-refractivity contribution >= 4 is 6.09 Å². The van der Waals surface area contributed by atoms with Gasteiger partial charge in [-0.2, -0.15) is 5.10 Å². The molecule has 3 unspecified atom stereocenters. The maximum atomic E-state index is 12.7. The Hall–Kier alpha value is -2.69. The standard InChI is InChI=1S/C24H33N5O5/c1-16-4-2-3-5-17(16)15-34-21-10-18-6-7-19(11-21)28(18)12-20(30)13-29-23(31)27-9-8-26(24(32)33)14-22(27)25-29/h2-5,18-21,30H,6-15H2,1H3,(H,32,33). The van der Waals surface area contributed by atoms with E-state index in [0.717, 1.165) is 25.7 Å². The van der Waals surface area contributed by atoms with Crippen molar-refractivity contribution < 1.29 is 19.7 Å². The molecule has 2 bridgehead atoms. The summed E-state index contributed by atoms with van der Waals surface area (Å²) in [4.78, 5) is 27.5. The number of aliphatic hydroxyl groups is 1. The number of rotatable bonds is 7. The van der Waals surface area contributed by atoms with Gasteiger partial charge in [-0.15, -0.1) is 0 Å². The number of amides is 1. The monoisotopic (exact) mass is 471 g/mol. The number of hydrogen-bond acceptors (Lipinski definition) is 6. The summed E-state index contributed by atoms with van der Waals surface area (Å²) < 4.78 is 9.06. The van der Waals surface area contributed by atoms with Crippen molar-refractivity contribution in [3.63, 3.8) is 0 Å². The van der Waals surface area contributed by atoms with E-state index >= 15 is 0 Å². The number of ether oxygens (including phenoxy) is 1. The Morgan fingerprint density at radius 2 is 1.91 bits per heavy atom. The molecule has 1 aromatic carbocycles. The highest BCUT2D eigenvalue weighted by molar-refractivity contribution is 5.64. The fraction of sp³-hybridized carbons (Fsp3) is 0.625. The summed E-state index contributed by atoms with van der Waals surface area (Å²) in [5.41, 5.74) is 2.19. The van der Waals surface area contributed by atoms with Gasteiger partial charge in [0.25, 0.3) is 0 Å². The van der Waals surface area contributed by atoms with Crippen LogP contribution >= 0.6 is 0 Å². The second kappa shape index (κ2) is 9.52. The van der Waals surface area contributed by atoms with Crippen LogP contribution in [0.2, 0.25) is 0 Å². The molecule has 0 saturated carbocycles. The Morgan fingerprint density at radius 1 is 1.18 bits per heavy atom. The summed E-state index contributed by atoms with van der Waals surface area (Å²) in [5, 5.41) is 24.3. The molecule has 10 nitrogen and oxygen atoms in total. The van der Waals surface area contributed by atoms with Crippen LogP contribution in [0.25, 0.3) is 0 Å². The molecular formula is C24H33N5O5. The van der Waals surface area contributed by atoms with Crippen LogP contribution in [-0.2, 0) is 31.0 Å². The number of benzene rings is 1. The fourth-order valence-corrected chi connectivity index (χ4v) is 5.72. The van der Waals surface area contributed by atoms with Crippen LogP contribution < -0.4 is 5.69 Å². The van der Waals surface area contributed by atoms with Gasteiger partial charge in [0.1, 0.15) is 0 Å². The molecule has 10 heteroatoms. The molecule has 0 aliphatic carbocycles. The predicted octanol–water partition coefficient (Wildman–Crippen LogP) is 1.42. The maximum Gasteiger partial charge on any atom is 0.407 e. The summed E-state index contributed by atoms with van der Waals surface area (Å²) in [6.45, 7) is 3.99. The zero-order chi connectivity index (χ0) is 23.8. The van der Waals surface area contributed by atoms with Crippen LogP contribution in [0.5, 0.6) is 0 Å². The lowest BCUT2D eigenvalue weighted by Crippen LogP contribution is -2.49. The van der Waals surface area contributed by atoms with Crippen molar-refractivity contribution in [2.75, 3.05) is 13.1 Å². The molecule has 2 aromatic rings. The molecule has 3 aliphatic heterocycles. The van der Waals surface area contributed by atoms with Gasteiger partial charge in [-0.1, -0.05) is 24.3 Å². The number of aromatic nitrogens is 3. The lowest BCUT2D eigenvalue weighted by molar-refractivity contribution is -0.0403. The van der Waals surface area contributed by atoms with Crippen molar-refractivity contribution in [3.8, 4) is 0 Å². The van der Waals surface area contributed by atoms with E-state index in [2.05, 4.69) is 29.1 Å². The minimum Gasteiger partial charge on any atom is -0.465 e. The largest absolute Gasteiger partial charge is 0.465 e. The van der Waals surface area contributed by atoms with Crippen molar-refractivity contribution in [2.45, 2.75) is 83.1 Å². The molecule has 2 saturated heterocycles. The molecule has 5 rings (SSSR count). The fourth-order valence-electron chi connectivity index (χ4n) is 5.72. The van der Waals surface area contributed by atoms with Gasteiger partial charge >= 0.3 is 11.8 Å². The number of carboxylic acid groups (broad SMARTS) is 1. The number of hydrogen-bond donors (Lipinski definition) is 2. The van der Waals surface area contributed by atoms with Gasteiger partial charge in [0.05, 0.1) is 31.9 Å². The maximum absolute atomic E-state index is 12.7. The predicted molar refractivity (Wildman–Crippen MR) is 123 cm³/mol. The summed E-state index contributed by atoms with van der Waals surface area (Å²) in [5.74, 6) is 0.428. The molecule has 2 N–H and O–H groups in total. The number of carbonyl (C=O) groups is 1. The summed E-state index contributed by atoms with van der Waals surface area (Å²) in [7, 11) is 0. The zero-order valence-corrected chi connectivity index (χ0v) is 19.5. The molecular weight excluding hydrogens is 438 g/mol. The van der Waals surface area contributed by atoms with Gasteiger partial charge < -0.3 is 14.9 Å². The van der Waals surface area contributed by atoms with Crippen LogP contribution in [0, 0.1) is 6.92 Å². The number of nitrogens with zero attached hydrogens (tertiary/aromatic N) is 5. The Balaban J connectivity index is 1.16. The average Bonchev–Trinajstić information content (AvgIpc) is 3.23. The molecule has 0 radical (unpaired) electrons. The molecule has 2 fully saturated rings. The second-order valence-electron chi connectivity index (χ2n) is 9.80. The molecule has 184 valence electrons. The van der Waals surface area contributed by atoms with Gasteiger partial charge in [0.15, 0.2) is 5.82 Å². The first-order chi connectivity index (χ1) is 16.4. The SMILES string of the molecule is Cc1ccccc1COC1CC2CCC(C1)N2CC(O)Cn1nc2n(c1=O)CCN(C(=O)O)C2. The van der Waals surface area contributed by atoms with Crippen LogP contribution in [0.1, 0.15) is 42.6 Å². The van der Waals surface area contributed by atoms with Crippen LogP contribution in [-0.4, -0.2) is 77.8 Å². The van der Waals surface area contributed by atoms with E-state index in [1.54, 1.807) is 0 Å². The highest BCUT2D eigenvalue weighted by Gasteiger charge is 2.41. The Labute approximate surface area is 198 Å². The summed E-state index contributed by atoms with van der Waals surface area (Å²) in [6.07, 6.45) is 2.60. The number of aliphatic hydroxyl groups excluding tert-OH is 1. The highest BCUT2D eigenvalue weighted by Crippen LogP contribution is 2.37. The lowest BCUT2D eigenvalue weighted by atomic mass is 9.99. The summed E-state index contributed by atoms with van der Waals surface area (Å²) >= 11 is 0. The quantitative estimate of drug-likeness (QED) is 0.628. The van der Waals surface area contributed by atoms with E-state index < -0.39 is 12.2 Å². The van der Waals surface area contributed by atoms with Crippen LogP contribution in [0.3, 0.4) is 0 Å². The molecule has 3 aliphatic rings. The summed E-state index contributed by atoms with van der Waals surface area (Å²) in [6, 6.07) is 9.07. The van der Waals surface area contributed by atoms with Gasteiger partial charge in [0.2, 0.25) is 0 Å². The normalized spacial score (nSPS) is 25.4. The van der Waals surface area contributed by atoms with E-state index in [9.17, 15) is 19.8 Å². The molecule has 34 heavy (non-hydrogen) atoms. The first-order valence-corrected chi connectivity index (χ1v) is 12.1. The minimum absolute atomic E-state index is 0.0911. The second-order valence-corrected chi connectivity index (χ2v) is 9.80. The van der Waals surface area contributed by atoms with Crippen molar-refractivity contribution in [1.29, 1.82) is 0 Å². The Morgan fingerprint density at radius 3 is 2.62 bits per heavy atom. The van der Waals surface area contributed by atoms with E-state index in [0.29, 0.717) is 31.1 Å². The van der Waals surface area contributed by atoms with Gasteiger partial charge in [-0.05, 0) is 43.7 Å². The number of aryl methyl sites for hydroxylation is 1. The van der Waals surface area contributed by atoms with Gasteiger partial charge in [-0.3, -0.25) is 14.4 Å². The smallest absolute Gasteiger partial charge is 0.407 e. The third-order valence-corrected chi connectivity index (χ3v) is 7.58. The average molecular weight is 472 g/mol. The molecule has 1 aromatic heterocycles. The molecule has 0 spiro atoms. The van der Waals surface area contributed by atoms with Crippen molar-refractivity contribution in [1.82, 2.24) is 24.1 Å². The minimum atomic E-state index is -1.02.